The third kappa shape index (κ3) is 6.02. The van der Waals surface area contributed by atoms with Crippen LogP contribution in [0.15, 0.2) is 36.8 Å². The lowest BCUT2D eigenvalue weighted by molar-refractivity contribution is 0.0597. The number of aliphatic hydroxyl groups is 2. The molecule has 3 rings (SSSR count). The number of hydrogen-bond donors (Lipinski definition) is 3. The molecule has 0 spiro atoms. The van der Waals surface area contributed by atoms with Gasteiger partial charge < -0.3 is 29.7 Å². The quantitative estimate of drug-likeness (QED) is 0.395. The van der Waals surface area contributed by atoms with Gasteiger partial charge in [0.05, 0.1) is 50.2 Å². The summed E-state index contributed by atoms with van der Waals surface area (Å²) < 4.78 is 44.8. The molecule has 0 saturated carbocycles. The van der Waals surface area contributed by atoms with E-state index in [2.05, 4.69) is 20.3 Å². The molecule has 0 amide bonds. The molecule has 2 heterocycles. The number of hydrogen-bond acceptors (Lipinski definition) is 9. The Labute approximate surface area is 189 Å². The van der Waals surface area contributed by atoms with Gasteiger partial charge >= 0.3 is 0 Å². The molecule has 33 heavy (non-hydrogen) atoms. The Morgan fingerprint density at radius 2 is 1.76 bits per heavy atom. The van der Waals surface area contributed by atoms with Crippen molar-refractivity contribution in [3.63, 3.8) is 0 Å². The van der Waals surface area contributed by atoms with Crippen LogP contribution in [0.1, 0.15) is 18.1 Å². The van der Waals surface area contributed by atoms with Crippen molar-refractivity contribution in [3.05, 3.63) is 59.6 Å². The van der Waals surface area contributed by atoms with Crippen molar-refractivity contribution in [2.24, 2.45) is 0 Å². The first-order valence-corrected chi connectivity index (χ1v) is 10.1. The van der Waals surface area contributed by atoms with Gasteiger partial charge in [-0.25, -0.2) is 23.7 Å². The number of aryl methyl sites for hydroxylation is 1. The Balaban J connectivity index is 1.62. The summed E-state index contributed by atoms with van der Waals surface area (Å²) in [5.41, 5.74) is 0.663. The molecule has 0 aliphatic heterocycles. The highest BCUT2D eigenvalue weighted by atomic mass is 19.1. The van der Waals surface area contributed by atoms with E-state index in [4.69, 9.17) is 24.4 Å². The zero-order valence-corrected chi connectivity index (χ0v) is 18.1. The molecular weight excluding hydrogens is 438 g/mol. The highest BCUT2D eigenvalue weighted by Gasteiger charge is 2.19. The summed E-state index contributed by atoms with van der Waals surface area (Å²) in [6.07, 6.45) is 3.83. The predicted octanol–water partition coefficient (Wildman–Crippen LogP) is 2.78. The zero-order valence-electron chi connectivity index (χ0n) is 18.1. The molecule has 176 valence electrons. The van der Waals surface area contributed by atoms with Crippen molar-refractivity contribution >= 4 is 11.6 Å². The molecule has 0 unspecified atom stereocenters. The smallest absolute Gasteiger partial charge is 0.227 e. The highest BCUT2D eigenvalue weighted by molar-refractivity contribution is 5.52. The van der Waals surface area contributed by atoms with Gasteiger partial charge in [-0.2, -0.15) is 0 Å². The average Bonchev–Trinajstić information content (AvgIpc) is 2.84. The van der Waals surface area contributed by atoms with Crippen LogP contribution < -0.4 is 19.5 Å². The van der Waals surface area contributed by atoms with Crippen LogP contribution in [-0.2, 0) is 13.0 Å². The van der Waals surface area contributed by atoms with Crippen LogP contribution in [0.2, 0.25) is 0 Å². The number of ether oxygens (including phenoxy) is 3. The van der Waals surface area contributed by atoms with Gasteiger partial charge in [-0.15, -0.1) is 0 Å². The molecule has 11 heteroatoms. The minimum atomic E-state index is -0.810. The second-order valence-electron chi connectivity index (χ2n) is 6.84. The molecule has 0 saturated heterocycles. The van der Waals surface area contributed by atoms with Crippen molar-refractivity contribution < 1.29 is 33.2 Å². The van der Waals surface area contributed by atoms with Gasteiger partial charge in [0.25, 0.3) is 0 Å². The molecule has 3 N–H and O–H groups in total. The Morgan fingerprint density at radius 3 is 2.33 bits per heavy atom. The van der Waals surface area contributed by atoms with Crippen molar-refractivity contribution in [2.75, 3.05) is 25.6 Å². The summed E-state index contributed by atoms with van der Waals surface area (Å²) in [6.45, 7) is 0.734. The van der Waals surface area contributed by atoms with Crippen molar-refractivity contribution in [1.29, 1.82) is 0 Å². The second kappa shape index (κ2) is 11.3. The molecule has 9 nitrogen and oxygen atoms in total. The van der Waals surface area contributed by atoms with Crippen LogP contribution in [0.5, 0.6) is 17.4 Å². The minimum Gasteiger partial charge on any atom is -0.494 e. The Morgan fingerprint density at radius 1 is 1.03 bits per heavy atom. The van der Waals surface area contributed by atoms with Crippen LogP contribution in [0.25, 0.3) is 0 Å². The largest absolute Gasteiger partial charge is 0.494 e. The van der Waals surface area contributed by atoms with E-state index in [0.29, 0.717) is 17.7 Å². The summed E-state index contributed by atoms with van der Waals surface area (Å²) in [6, 6.07) is 4.55. The molecule has 3 aromatic rings. The van der Waals surface area contributed by atoms with Gasteiger partial charge in [-0.1, -0.05) is 6.92 Å². The van der Waals surface area contributed by atoms with E-state index in [9.17, 15) is 8.78 Å². The predicted molar refractivity (Wildman–Crippen MR) is 115 cm³/mol. The third-order valence-electron chi connectivity index (χ3n) is 4.63. The SMILES string of the molecule is CCc1cc(OC)c(F)c(COc2cnc(Nc3ccc(OC(CO)CO)nc3)nc2)c1F. The molecule has 0 aliphatic carbocycles. The Kier molecular flexibility index (Phi) is 8.28. The minimum absolute atomic E-state index is 0.0454. The number of anilines is 2. The van der Waals surface area contributed by atoms with Crippen LogP contribution in [0, 0.1) is 11.6 Å². The number of aromatic nitrogens is 3. The summed E-state index contributed by atoms with van der Waals surface area (Å²) in [5, 5.41) is 21.0. The van der Waals surface area contributed by atoms with E-state index in [1.54, 1.807) is 19.1 Å². The van der Waals surface area contributed by atoms with Crippen molar-refractivity contribution in [1.82, 2.24) is 15.0 Å². The summed E-state index contributed by atoms with van der Waals surface area (Å²) in [7, 11) is 1.32. The summed E-state index contributed by atoms with van der Waals surface area (Å²) >= 11 is 0. The Bertz CT molecular complexity index is 1020. The molecule has 0 atom stereocenters. The zero-order chi connectivity index (χ0) is 23.8. The topological polar surface area (TPSA) is 119 Å². The first-order valence-electron chi connectivity index (χ1n) is 10.1. The van der Waals surface area contributed by atoms with E-state index in [0.717, 1.165) is 0 Å². The molecule has 1 aromatic carbocycles. The fourth-order valence-electron chi connectivity index (χ4n) is 2.82. The molecule has 0 fully saturated rings. The number of benzene rings is 1. The summed E-state index contributed by atoms with van der Waals surface area (Å²) in [4.78, 5) is 12.3. The van der Waals surface area contributed by atoms with Crippen LogP contribution >= 0.6 is 0 Å². The number of aliphatic hydroxyl groups excluding tert-OH is 2. The maximum Gasteiger partial charge on any atom is 0.227 e. The van der Waals surface area contributed by atoms with E-state index in [1.807, 2.05) is 0 Å². The average molecular weight is 462 g/mol. The first-order chi connectivity index (χ1) is 16.0. The van der Waals surface area contributed by atoms with E-state index >= 15 is 0 Å². The van der Waals surface area contributed by atoms with Gasteiger partial charge in [0.1, 0.15) is 18.5 Å². The lowest BCUT2D eigenvalue weighted by Crippen LogP contribution is -2.25. The van der Waals surface area contributed by atoms with E-state index in [-0.39, 0.29) is 48.7 Å². The highest BCUT2D eigenvalue weighted by Crippen LogP contribution is 2.28. The standard InChI is InChI=1S/C22H24F2N4O5/c1-3-13-6-18(31-2)21(24)17(20(13)23)12-32-15-8-26-22(27-9-15)28-14-4-5-19(25-7-14)33-16(10-29)11-30/h4-9,16,29-30H,3,10-12H2,1-2H3,(H,26,27,28). The molecule has 0 aliphatic rings. The fraction of sp³-hybridized carbons (Fsp3) is 0.318. The van der Waals surface area contributed by atoms with E-state index in [1.165, 1.54) is 31.8 Å². The number of nitrogens with one attached hydrogen (secondary N) is 1. The lowest BCUT2D eigenvalue weighted by atomic mass is 10.1. The number of nitrogens with zero attached hydrogens (tertiary/aromatic N) is 3. The summed E-state index contributed by atoms with van der Waals surface area (Å²) in [5.74, 6) is -0.818. The molecule has 2 aromatic heterocycles. The molecule has 0 bridgehead atoms. The van der Waals surface area contributed by atoms with Gasteiger partial charge in [-0.05, 0) is 24.1 Å². The van der Waals surface area contributed by atoms with E-state index < -0.39 is 17.7 Å². The third-order valence-corrected chi connectivity index (χ3v) is 4.63. The number of rotatable bonds is 11. The van der Waals surface area contributed by atoms with Crippen molar-refractivity contribution in [2.45, 2.75) is 26.1 Å². The van der Waals surface area contributed by atoms with Crippen LogP contribution in [0.3, 0.4) is 0 Å². The van der Waals surface area contributed by atoms with Gasteiger partial charge in [0.15, 0.2) is 17.3 Å². The molecular formula is C22H24F2N4O5. The van der Waals surface area contributed by atoms with Crippen LogP contribution in [-0.4, -0.2) is 51.6 Å². The maximum atomic E-state index is 14.5. The molecule has 0 radical (unpaired) electrons. The van der Waals surface area contributed by atoms with Crippen LogP contribution in [0.4, 0.5) is 20.4 Å². The monoisotopic (exact) mass is 462 g/mol. The fourth-order valence-corrected chi connectivity index (χ4v) is 2.82. The number of methoxy groups -OCH3 is 1. The first kappa shape index (κ1) is 24.1. The number of halogens is 2. The van der Waals surface area contributed by atoms with Gasteiger partial charge in [0, 0.05) is 6.07 Å². The number of pyridine rings is 1. The lowest BCUT2D eigenvalue weighted by Gasteiger charge is -2.14. The van der Waals surface area contributed by atoms with Gasteiger partial charge in [0.2, 0.25) is 11.8 Å². The second-order valence-corrected chi connectivity index (χ2v) is 6.84. The maximum absolute atomic E-state index is 14.5. The van der Waals surface area contributed by atoms with Crippen molar-refractivity contribution in [3.8, 4) is 17.4 Å². The Hall–Kier alpha value is -3.57. The van der Waals surface area contributed by atoms with Gasteiger partial charge in [-0.3, -0.25) is 0 Å². The normalized spacial score (nSPS) is 10.9.